The molecule has 96 valence electrons. The summed E-state index contributed by atoms with van der Waals surface area (Å²) in [6.07, 6.45) is 1.37. The lowest BCUT2D eigenvalue weighted by Crippen LogP contribution is -1.94. The predicted molar refractivity (Wildman–Crippen MR) is 74.0 cm³/mol. The zero-order valence-electron chi connectivity index (χ0n) is 9.42. The summed E-state index contributed by atoms with van der Waals surface area (Å²) >= 11 is 17.9. The van der Waals surface area contributed by atoms with Gasteiger partial charge in [-0.2, -0.15) is 9.65 Å². The van der Waals surface area contributed by atoms with Crippen LogP contribution in [0.2, 0.25) is 15.1 Å². The van der Waals surface area contributed by atoms with Gasteiger partial charge in [-0.3, -0.25) is 0 Å². The molecule has 2 nitrogen and oxygen atoms in total. The van der Waals surface area contributed by atoms with Gasteiger partial charge in [0.05, 0.1) is 27.6 Å². The molecule has 0 N–H and O–H groups in total. The van der Waals surface area contributed by atoms with Gasteiger partial charge in [-0.1, -0.05) is 34.8 Å². The van der Waals surface area contributed by atoms with Crippen molar-refractivity contribution < 1.29 is 4.39 Å². The van der Waals surface area contributed by atoms with Gasteiger partial charge in [0.1, 0.15) is 0 Å². The highest BCUT2D eigenvalue weighted by Crippen LogP contribution is 2.36. The van der Waals surface area contributed by atoms with Gasteiger partial charge in [0.2, 0.25) is 5.95 Å². The van der Waals surface area contributed by atoms with Crippen LogP contribution in [0.25, 0.3) is 11.1 Å². The fourth-order valence-corrected chi connectivity index (χ4v) is 2.32. The third kappa shape index (κ3) is 2.98. The molecule has 0 bridgehead atoms. The molecule has 0 saturated heterocycles. The fraction of sp³-hybridized carbons (Fsp3) is 0.0769. The molecule has 19 heavy (non-hydrogen) atoms. The Morgan fingerprint density at radius 2 is 1.74 bits per heavy atom. The van der Waals surface area contributed by atoms with Crippen LogP contribution in [0.5, 0.6) is 0 Å². The SMILES string of the molecule is N#CCc1cc(F)ncc1-c1cc(Cl)c(Cl)cc1Cl. The molecule has 0 aliphatic heterocycles. The maximum atomic E-state index is 13.1. The molecule has 0 aliphatic carbocycles. The lowest BCUT2D eigenvalue weighted by Gasteiger charge is -2.10. The van der Waals surface area contributed by atoms with E-state index < -0.39 is 5.95 Å². The van der Waals surface area contributed by atoms with E-state index in [9.17, 15) is 4.39 Å². The number of benzene rings is 1. The summed E-state index contributed by atoms with van der Waals surface area (Å²) in [7, 11) is 0. The minimum absolute atomic E-state index is 0.0470. The first-order chi connectivity index (χ1) is 9.02. The first-order valence-electron chi connectivity index (χ1n) is 5.19. The van der Waals surface area contributed by atoms with Crippen LogP contribution >= 0.6 is 34.8 Å². The smallest absolute Gasteiger partial charge is 0.213 e. The maximum absolute atomic E-state index is 13.1. The number of halogens is 4. The van der Waals surface area contributed by atoms with Crippen LogP contribution in [-0.4, -0.2) is 4.98 Å². The molecule has 0 amide bonds. The average molecular weight is 316 g/mol. The summed E-state index contributed by atoms with van der Waals surface area (Å²) in [5, 5.41) is 9.79. The van der Waals surface area contributed by atoms with Gasteiger partial charge < -0.3 is 0 Å². The standard InChI is InChI=1S/C13H6Cl3FN2/c14-10-5-12(16)11(15)4-8(10)9-6-19-13(17)3-7(9)1-2-18/h3-6H,1H2. The maximum Gasteiger partial charge on any atom is 0.213 e. The lowest BCUT2D eigenvalue weighted by atomic mass is 10.0. The summed E-state index contributed by atoms with van der Waals surface area (Å²) in [5.74, 6) is -0.648. The third-order valence-corrected chi connectivity index (χ3v) is 3.56. The zero-order chi connectivity index (χ0) is 14.0. The van der Waals surface area contributed by atoms with Crippen molar-refractivity contribution in [3.63, 3.8) is 0 Å². The Bertz CT molecular complexity index is 680. The fourth-order valence-electron chi connectivity index (χ4n) is 1.67. The Labute approximate surface area is 124 Å². The van der Waals surface area contributed by atoms with E-state index in [1.54, 1.807) is 6.07 Å². The van der Waals surface area contributed by atoms with Gasteiger partial charge in [0, 0.05) is 17.3 Å². The molecule has 1 heterocycles. The number of nitriles is 1. The van der Waals surface area contributed by atoms with Crippen molar-refractivity contribution in [3.8, 4) is 17.2 Å². The van der Waals surface area contributed by atoms with E-state index in [4.69, 9.17) is 40.1 Å². The highest BCUT2D eigenvalue weighted by molar-refractivity contribution is 6.44. The molecule has 0 radical (unpaired) electrons. The van der Waals surface area contributed by atoms with Gasteiger partial charge in [0.25, 0.3) is 0 Å². The van der Waals surface area contributed by atoms with Gasteiger partial charge in [-0.05, 0) is 23.8 Å². The van der Waals surface area contributed by atoms with Gasteiger partial charge in [-0.25, -0.2) is 4.98 Å². The highest BCUT2D eigenvalue weighted by Gasteiger charge is 2.13. The second kappa shape index (κ2) is 5.75. The van der Waals surface area contributed by atoms with Crippen LogP contribution in [0.4, 0.5) is 4.39 Å². The van der Waals surface area contributed by atoms with Crippen LogP contribution in [0.15, 0.2) is 24.4 Å². The van der Waals surface area contributed by atoms with E-state index in [1.165, 1.54) is 18.3 Å². The van der Waals surface area contributed by atoms with Crippen LogP contribution in [0.3, 0.4) is 0 Å². The van der Waals surface area contributed by atoms with Crippen molar-refractivity contribution in [3.05, 3.63) is 51.0 Å². The molecule has 1 aromatic heterocycles. The second-order valence-electron chi connectivity index (χ2n) is 3.75. The van der Waals surface area contributed by atoms with Crippen molar-refractivity contribution in [2.75, 3.05) is 0 Å². The number of hydrogen-bond donors (Lipinski definition) is 0. The van der Waals surface area contributed by atoms with E-state index in [-0.39, 0.29) is 6.42 Å². The minimum Gasteiger partial charge on any atom is -0.228 e. The van der Waals surface area contributed by atoms with Crippen LogP contribution in [0, 0.1) is 17.3 Å². The summed E-state index contributed by atoms with van der Waals surface area (Å²) in [6, 6.07) is 6.25. The Kier molecular flexibility index (Phi) is 4.26. The number of nitrogens with zero attached hydrogens (tertiary/aromatic N) is 2. The van der Waals surface area contributed by atoms with E-state index in [0.29, 0.717) is 31.8 Å². The topological polar surface area (TPSA) is 36.7 Å². The molecule has 0 spiro atoms. The molecule has 2 aromatic rings. The van der Waals surface area contributed by atoms with Crippen molar-refractivity contribution in [1.29, 1.82) is 5.26 Å². The first-order valence-corrected chi connectivity index (χ1v) is 6.32. The predicted octanol–water partition coefficient (Wildman–Crippen LogP) is 4.91. The molecule has 0 fully saturated rings. The van der Waals surface area contributed by atoms with Gasteiger partial charge in [0.15, 0.2) is 0 Å². The summed E-state index contributed by atoms with van der Waals surface area (Å²) in [4.78, 5) is 3.58. The molecule has 6 heteroatoms. The number of hydrogen-bond acceptors (Lipinski definition) is 2. The van der Waals surface area contributed by atoms with E-state index in [1.807, 2.05) is 6.07 Å². The number of aromatic nitrogens is 1. The molecule has 0 saturated carbocycles. The zero-order valence-corrected chi connectivity index (χ0v) is 11.7. The van der Waals surface area contributed by atoms with E-state index in [0.717, 1.165) is 0 Å². The van der Waals surface area contributed by atoms with Gasteiger partial charge >= 0.3 is 0 Å². The van der Waals surface area contributed by atoms with Crippen LogP contribution in [0.1, 0.15) is 5.56 Å². The molecule has 2 rings (SSSR count). The normalized spacial score (nSPS) is 10.3. The first kappa shape index (κ1) is 14.1. The van der Waals surface area contributed by atoms with Crippen LogP contribution in [-0.2, 0) is 6.42 Å². The third-order valence-electron chi connectivity index (χ3n) is 2.53. The van der Waals surface area contributed by atoms with Crippen molar-refractivity contribution in [2.24, 2.45) is 0 Å². The van der Waals surface area contributed by atoms with Crippen molar-refractivity contribution >= 4 is 34.8 Å². The minimum atomic E-state index is -0.648. The average Bonchev–Trinajstić information content (AvgIpc) is 2.35. The Morgan fingerprint density at radius 3 is 2.42 bits per heavy atom. The molecular formula is C13H6Cl3FN2. The monoisotopic (exact) mass is 314 g/mol. The molecule has 0 unspecified atom stereocenters. The lowest BCUT2D eigenvalue weighted by molar-refractivity contribution is 0.582. The number of rotatable bonds is 2. The molecule has 0 aliphatic rings. The van der Waals surface area contributed by atoms with E-state index >= 15 is 0 Å². The highest BCUT2D eigenvalue weighted by atomic mass is 35.5. The Balaban J connectivity index is 2.65. The summed E-state index contributed by atoms with van der Waals surface area (Å²) < 4.78 is 13.1. The van der Waals surface area contributed by atoms with Crippen LogP contribution < -0.4 is 0 Å². The van der Waals surface area contributed by atoms with E-state index in [2.05, 4.69) is 4.98 Å². The quantitative estimate of drug-likeness (QED) is 0.583. The van der Waals surface area contributed by atoms with Gasteiger partial charge in [-0.15, -0.1) is 0 Å². The second-order valence-corrected chi connectivity index (χ2v) is 4.97. The Hall–Kier alpha value is -1.34. The van der Waals surface area contributed by atoms with Crippen molar-refractivity contribution in [2.45, 2.75) is 6.42 Å². The Morgan fingerprint density at radius 1 is 1.05 bits per heavy atom. The molecular weight excluding hydrogens is 310 g/mol. The summed E-state index contributed by atoms with van der Waals surface area (Å²) in [5.41, 5.74) is 1.62. The summed E-state index contributed by atoms with van der Waals surface area (Å²) in [6.45, 7) is 0. The molecule has 1 aromatic carbocycles. The largest absolute Gasteiger partial charge is 0.228 e. The van der Waals surface area contributed by atoms with Crippen molar-refractivity contribution in [1.82, 2.24) is 4.98 Å². The number of pyridine rings is 1. The molecule has 0 atom stereocenters.